The summed E-state index contributed by atoms with van der Waals surface area (Å²) in [4.78, 5) is 31.5. The molecular weight excluding hydrogens is 390 g/mol. The highest BCUT2D eigenvalue weighted by atomic mass is 16.5. The van der Waals surface area contributed by atoms with Gasteiger partial charge in [-0.3, -0.25) is 19.4 Å². The van der Waals surface area contributed by atoms with E-state index in [1.54, 1.807) is 12.0 Å². The molecule has 2 aliphatic rings. The lowest BCUT2D eigenvalue weighted by molar-refractivity contribution is -0.114. The molecular formula is C25H31N3O3. The van der Waals surface area contributed by atoms with Crippen LogP contribution in [-0.2, 0) is 11.3 Å². The first kappa shape index (κ1) is 21.5. The Morgan fingerprint density at radius 2 is 1.65 bits per heavy atom. The summed E-state index contributed by atoms with van der Waals surface area (Å²) < 4.78 is 5.47. The maximum absolute atomic E-state index is 12.6. The van der Waals surface area contributed by atoms with Crippen LogP contribution in [0.2, 0.25) is 0 Å². The van der Waals surface area contributed by atoms with Crippen LogP contribution in [0.15, 0.2) is 42.5 Å². The van der Waals surface area contributed by atoms with Crippen LogP contribution in [0.5, 0.6) is 5.75 Å². The van der Waals surface area contributed by atoms with Crippen LogP contribution in [0.1, 0.15) is 41.3 Å². The van der Waals surface area contributed by atoms with Crippen molar-refractivity contribution in [3.05, 3.63) is 59.2 Å². The minimum Gasteiger partial charge on any atom is -0.496 e. The predicted octanol–water partition coefficient (Wildman–Crippen LogP) is 3.17. The number of hydrogen-bond acceptors (Lipinski definition) is 5. The van der Waals surface area contributed by atoms with Gasteiger partial charge in [-0.05, 0) is 29.7 Å². The molecule has 0 radical (unpaired) electrons. The van der Waals surface area contributed by atoms with Crippen molar-refractivity contribution in [3.8, 4) is 5.75 Å². The van der Waals surface area contributed by atoms with Gasteiger partial charge in [0.05, 0.1) is 18.4 Å². The van der Waals surface area contributed by atoms with Crippen molar-refractivity contribution < 1.29 is 14.3 Å². The quantitative estimate of drug-likeness (QED) is 0.643. The number of rotatable bonds is 7. The highest BCUT2D eigenvalue weighted by Crippen LogP contribution is 2.31. The lowest BCUT2D eigenvalue weighted by Gasteiger charge is -2.35. The molecule has 0 bridgehead atoms. The monoisotopic (exact) mass is 421 g/mol. The standard InChI is InChI=1S/C25H31N3O3/c1-18(2)19-8-9-22-21(16-19)24(29)25(30)28(22)15-14-26-10-12-27(13-11-26)17-20-6-4-5-7-23(20)31-3/h4-9,16,18H,10-15,17H2,1-3H3. The number of para-hydroxylation sites is 1. The molecule has 0 spiro atoms. The van der Waals surface area contributed by atoms with Crippen LogP contribution in [0, 0.1) is 0 Å². The zero-order valence-corrected chi connectivity index (χ0v) is 18.6. The Morgan fingerprint density at radius 3 is 2.35 bits per heavy atom. The number of carbonyl (C=O) groups excluding carboxylic acids is 2. The summed E-state index contributed by atoms with van der Waals surface area (Å²) in [6, 6.07) is 14.0. The molecule has 2 aromatic carbocycles. The molecule has 6 heteroatoms. The molecule has 2 aromatic rings. The van der Waals surface area contributed by atoms with Crippen molar-refractivity contribution in [3.63, 3.8) is 0 Å². The molecule has 1 fully saturated rings. The fourth-order valence-corrected chi connectivity index (χ4v) is 4.39. The van der Waals surface area contributed by atoms with Crippen LogP contribution in [0.3, 0.4) is 0 Å². The van der Waals surface area contributed by atoms with E-state index >= 15 is 0 Å². The highest BCUT2D eigenvalue weighted by Gasteiger charge is 2.36. The van der Waals surface area contributed by atoms with E-state index in [1.165, 1.54) is 5.56 Å². The van der Waals surface area contributed by atoms with Gasteiger partial charge in [-0.2, -0.15) is 0 Å². The van der Waals surface area contributed by atoms with Gasteiger partial charge in [0.1, 0.15) is 5.75 Å². The number of hydrogen-bond donors (Lipinski definition) is 0. The minimum absolute atomic E-state index is 0.328. The fraction of sp³-hybridized carbons (Fsp3) is 0.440. The Balaban J connectivity index is 1.32. The zero-order chi connectivity index (χ0) is 22.0. The summed E-state index contributed by atoms with van der Waals surface area (Å²) >= 11 is 0. The smallest absolute Gasteiger partial charge is 0.299 e. The molecule has 0 atom stereocenters. The van der Waals surface area contributed by atoms with Gasteiger partial charge >= 0.3 is 0 Å². The first-order valence-corrected chi connectivity index (χ1v) is 11.0. The largest absolute Gasteiger partial charge is 0.496 e. The first-order valence-electron chi connectivity index (χ1n) is 11.0. The average molecular weight is 422 g/mol. The molecule has 0 unspecified atom stereocenters. The number of piperazine rings is 1. The van der Waals surface area contributed by atoms with E-state index in [0.29, 0.717) is 18.0 Å². The van der Waals surface area contributed by atoms with Gasteiger partial charge in [-0.1, -0.05) is 38.1 Å². The Kier molecular flexibility index (Phi) is 6.39. The Morgan fingerprint density at radius 1 is 0.935 bits per heavy atom. The predicted molar refractivity (Wildman–Crippen MR) is 122 cm³/mol. The summed E-state index contributed by atoms with van der Waals surface area (Å²) in [5.41, 5.74) is 3.61. The van der Waals surface area contributed by atoms with Crippen LogP contribution in [0.25, 0.3) is 0 Å². The van der Waals surface area contributed by atoms with Crippen molar-refractivity contribution in [1.82, 2.24) is 9.80 Å². The second-order valence-corrected chi connectivity index (χ2v) is 8.65. The number of anilines is 1. The second-order valence-electron chi connectivity index (χ2n) is 8.65. The number of nitrogens with zero attached hydrogens (tertiary/aromatic N) is 3. The van der Waals surface area contributed by atoms with E-state index in [-0.39, 0.29) is 5.78 Å². The number of amides is 1. The maximum Gasteiger partial charge on any atom is 0.299 e. The molecule has 164 valence electrons. The molecule has 0 aromatic heterocycles. The molecule has 31 heavy (non-hydrogen) atoms. The van der Waals surface area contributed by atoms with Crippen LogP contribution >= 0.6 is 0 Å². The molecule has 1 amide bonds. The molecule has 0 aliphatic carbocycles. The van der Waals surface area contributed by atoms with E-state index in [1.807, 2.05) is 36.4 Å². The molecule has 6 nitrogen and oxygen atoms in total. The zero-order valence-electron chi connectivity index (χ0n) is 18.6. The van der Waals surface area contributed by atoms with Gasteiger partial charge in [0.15, 0.2) is 0 Å². The van der Waals surface area contributed by atoms with Gasteiger partial charge in [-0.25, -0.2) is 0 Å². The molecule has 2 heterocycles. The van der Waals surface area contributed by atoms with Gasteiger partial charge in [0.25, 0.3) is 11.7 Å². The first-order chi connectivity index (χ1) is 15.0. The van der Waals surface area contributed by atoms with Crippen molar-refractivity contribution in [2.24, 2.45) is 0 Å². The molecule has 2 aliphatic heterocycles. The van der Waals surface area contributed by atoms with Crippen molar-refractivity contribution >= 4 is 17.4 Å². The van der Waals surface area contributed by atoms with Crippen LogP contribution in [0.4, 0.5) is 5.69 Å². The molecule has 0 N–H and O–H groups in total. The third-order valence-corrected chi connectivity index (χ3v) is 6.35. The number of Topliss-reactive ketones (excluding diaryl/α,β-unsaturated/α-hetero) is 1. The molecule has 0 saturated carbocycles. The number of methoxy groups -OCH3 is 1. The summed E-state index contributed by atoms with van der Waals surface area (Å²) in [7, 11) is 1.71. The number of fused-ring (bicyclic) bond motifs is 1. The van der Waals surface area contributed by atoms with Gasteiger partial charge in [-0.15, -0.1) is 0 Å². The maximum atomic E-state index is 12.6. The van der Waals surface area contributed by atoms with Gasteiger partial charge < -0.3 is 9.64 Å². The van der Waals surface area contributed by atoms with Gasteiger partial charge in [0.2, 0.25) is 0 Å². The van der Waals surface area contributed by atoms with E-state index in [9.17, 15) is 9.59 Å². The summed E-state index contributed by atoms with van der Waals surface area (Å²) in [5, 5.41) is 0. The van der Waals surface area contributed by atoms with Gasteiger partial charge in [0, 0.05) is 51.4 Å². The SMILES string of the molecule is COc1ccccc1CN1CCN(CCN2C(=O)C(=O)c3cc(C(C)C)ccc32)CC1. The Hall–Kier alpha value is -2.70. The van der Waals surface area contributed by atoms with Crippen LogP contribution in [-0.4, -0.2) is 67.9 Å². The van der Waals surface area contributed by atoms with E-state index in [4.69, 9.17) is 4.74 Å². The van der Waals surface area contributed by atoms with E-state index in [0.717, 1.165) is 56.3 Å². The van der Waals surface area contributed by atoms with E-state index < -0.39 is 5.91 Å². The highest BCUT2D eigenvalue weighted by molar-refractivity contribution is 6.52. The third kappa shape index (κ3) is 4.50. The Labute approximate surface area is 184 Å². The summed E-state index contributed by atoms with van der Waals surface area (Å²) in [6.45, 7) is 10.2. The summed E-state index contributed by atoms with van der Waals surface area (Å²) in [6.07, 6.45) is 0. The number of carbonyl (C=O) groups is 2. The number of benzene rings is 2. The third-order valence-electron chi connectivity index (χ3n) is 6.35. The molecule has 4 rings (SSSR count). The lowest BCUT2D eigenvalue weighted by Crippen LogP contribution is -2.48. The lowest BCUT2D eigenvalue weighted by atomic mass is 9.99. The second kappa shape index (κ2) is 9.20. The normalized spacial score (nSPS) is 17.5. The van der Waals surface area contributed by atoms with Crippen molar-refractivity contribution in [1.29, 1.82) is 0 Å². The van der Waals surface area contributed by atoms with Crippen molar-refractivity contribution in [2.75, 3.05) is 51.3 Å². The van der Waals surface area contributed by atoms with Crippen molar-refractivity contribution in [2.45, 2.75) is 26.3 Å². The minimum atomic E-state index is -0.397. The van der Waals surface area contributed by atoms with Crippen LogP contribution < -0.4 is 9.64 Å². The average Bonchev–Trinajstić information content (AvgIpc) is 3.03. The topological polar surface area (TPSA) is 53.1 Å². The number of ketones is 1. The molecule has 1 saturated heterocycles. The summed E-state index contributed by atoms with van der Waals surface area (Å²) in [5.74, 6) is 0.487. The fourth-order valence-electron chi connectivity index (χ4n) is 4.39. The number of ether oxygens (including phenoxy) is 1. The van der Waals surface area contributed by atoms with E-state index in [2.05, 4.69) is 29.7 Å². The Bertz CT molecular complexity index is 964.